The average Bonchev–Trinajstić information content (AvgIpc) is 3.36. The molecule has 2 heterocycles. The molecule has 7 rings (SSSR count). The van der Waals surface area contributed by atoms with Gasteiger partial charge >= 0.3 is 0 Å². The van der Waals surface area contributed by atoms with Crippen LogP contribution in [0.1, 0.15) is 24.1 Å². The Kier molecular flexibility index (Phi) is 6.91. The first-order valence-corrected chi connectivity index (χ1v) is 17.3. The molecule has 0 aliphatic heterocycles. The molecule has 224 valence electrons. The molecule has 1 N–H and O–H groups in total. The minimum Gasteiger partial charge on any atom is -0.302 e. The van der Waals surface area contributed by atoms with Gasteiger partial charge in [0.15, 0.2) is 5.65 Å². The van der Waals surface area contributed by atoms with E-state index in [2.05, 4.69) is 4.72 Å². The monoisotopic (exact) mass is 632 g/mol. The summed E-state index contributed by atoms with van der Waals surface area (Å²) in [6, 6.07) is 34.8. The van der Waals surface area contributed by atoms with E-state index in [-0.39, 0.29) is 31.7 Å². The number of fused-ring (bicyclic) bond motifs is 3. The number of nitrogens with zero attached hydrogens (tertiary/aromatic N) is 3. The normalized spacial score (nSPS) is 12.9. The van der Waals surface area contributed by atoms with E-state index < -0.39 is 25.9 Å². The van der Waals surface area contributed by atoms with Crippen molar-refractivity contribution in [3.8, 4) is 0 Å². The summed E-state index contributed by atoms with van der Waals surface area (Å²) in [5, 5.41) is 1.62. The highest BCUT2D eigenvalue weighted by atomic mass is 32.2. The van der Waals surface area contributed by atoms with Gasteiger partial charge in [-0.15, -0.1) is 0 Å². The molecule has 45 heavy (non-hydrogen) atoms. The molecule has 0 saturated carbocycles. The third-order valence-electron chi connectivity index (χ3n) is 7.98. The molecule has 0 unspecified atom stereocenters. The maximum Gasteiger partial charge on any atom is 0.263 e. The van der Waals surface area contributed by atoms with E-state index in [1.807, 2.05) is 74.5 Å². The fourth-order valence-electron chi connectivity index (χ4n) is 5.60. The fourth-order valence-corrected chi connectivity index (χ4v) is 8.29. The molecule has 10 heteroatoms. The van der Waals surface area contributed by atoms with Gasteiger partial charge in [0, 0.05) is 0 Å². The van der Waals surface area contributed by atoms with E-state index in [0.29, 0.717) is 11.0 Å². The van der Waals surface area contributed by atoms with Gasteiger partial charge in [-0.05, 0) is 66.6 Å². The maximum absolute atomic E-state index is 14.6. The number of aryl methyl sites for hydroxylation is 1. The Morgan fingerprint density at radius 3 is 1.98 bits per heavy atom. The lowest BCUT2D eigenvalue weighted by Crippen LogP contribution is -2.20. The van der Waals surface area contributed by atoms with Gasteiger partial charge in [0.2, 0.25) is 9.84 Å². The van der Waals surface area contributed by atoms with Gasteiger partial charge in [0.25, 0.3) is 10.0 Å². The van der Waals surface area contributed by atoms with Crippen molar-refractivity contribution in [1.29, 1.82) is 0 Å². The van der Waals surface area contributed by atoms with Crippen molar-refractivity contribution in [3.63, 3.8) is 0 Å². The maximum atomic E-state index is 14.6. The molecule has 0 fully saturated rings. The number of benzene rings is 5. The standard InChI is InChI=1S/C35H28N4O4S2/c1-23-16-19-28(20-17-23)44(40,41)33-32-34(37-31-15-9-8-14-30(31)36-32)39(24(2)25-10-4-3-5-11-25)35(33)38-45(42,43)29-21-18-26-12-6-7-13-27(26)22-29/h3-22,24,38H,1-2H3/t24-/m0/s1. The molecular formula is C35H28N4O4S2. The third kappa shape index (κ3) is 5.01. The van der Waals surface area contributed by atoms with E-state index in [1.54, 1.807) is 47.0 Å². The van der Waals surface area contributed by atoms with Crippen LogP contribution in [0.5, 0.6) is 0 Å². The molecule has 0 saturated heterocycles. The number of para-hydroxylation sites is 2. The Morgan fingerprint density at radius 1 is 0.667 bits per heavy atom. The van der Waals surface area contributed by atoms with Crippen LogP contribution in [0.3, 0.4) is 0 Å². The zero-order valence-corrected chi connectivity index (χ0v) is 26.0. The second-order valence-corrected chi connectivity index (χ2v) is 14.5. The number of anilines is 1. The summed E-state index contributed by atoms with van der Waals surface area (Å²) in [5.74, 6) is -0.134. The van der Waals surface area contributed by atoms with Crippen LogP contribution in [0.2, 0.25) is 0 Å². The van der Waals surface area contributed by atoms with Crippen LogP contribution in [-0.2, 0) is 19.9 Å². The highest BCUT2D eigenvalue weighted by Crippen LogP contribution is 2.41. The summed E-state index contributed by atoms with van der Waals surface area (Å²) >= 11 is 0. The smallest absolute Gasteiger partial charge is 0.263 e. The molecule has 0 bridgehead atoms. The Balaban J connectivity index is 1.56. The van der Waals surface area contributed by atoms with Gasteiger partial charge in [-0.1, -0.05) is 90.5 Å². The SMILES string of the molecule is Cc1ccc(S(=O)(=O)c2c(NS(=O)(=O)c3ccc4ccccc4c3)n([C@@H](C)c3ccccc3)c3nc4ccccc4nc23)cc1. The number of hydrogen-bond acceptors (Lipinski definition) is 6. The third-order valence-corrected chi connectivity index (χ3v) is 11.1. The van der Waals surface area contributed by atoms with Crippen molar-refractivity contribution in [1.82, 2.24) is 14.5 Å². The van der Waals surface area contributed by atoms with Crippen LogP contribution in [0.4, 0.5) is 5.82 Å². The Hall–Kier alpha value is -5.06. The van der Waals surface area contributed by atoms with Gasteiger partial charge in [0.05, 0.1) is 26.9 Å². The lowest BCUT2D eigenvalue weighted by molar-refractivity contribution is 0.595. The Morgan fingerprint density at radius 2 is 1.27 bits per heavy atom. The molecule has 1 atom stereocenters. The second kappa shape index (κ2) is 10.8. The van der Waals surface area contributed by atoms with Crippen molar-refractivity contribution in [2.75, 3.05) is 4.72 Å². The van der Waals surface area contributed by atoms with Gasteiger partial charge in [0.1, 0.15) is 16.2 Å². The number of hydrogen-bond donors (Lipinski definition) is 1. The molecule has 8 nitrogen and oxygen atoms in total. The minimum absolute atomic E-state index is 0.00451. The number of nitrogens with one attached hydrogen (secondary N) is 1. The topological polar surface area (TPSA) is 111 Å². The highest BCUT2D eigenvalue weighted by molar-refractivity contribution is 7.93. The first kappa shape index (κ1) is 28.7. The van der Waals surface area contributed by atoms with Crippen LogP contribution in [0, 0.1) is 6.92 Å². The quantitative estimate of drug-likeness (QED) is 0.198. The average molecular weight is 633 g/mol. The van der Waals surface area contributed by atoms with Gasteiger partial charge < -0.3 is 4.57 Å². The van der Waals surface area contributed by atoms with Gasteiger partial charge in [-0.3, -0.25) is 4.72 Å². The zero-order valence-electron chi connectivity index (χ0n) is 24.4. The van der Waals surface area contributed by atoms with Gasteiger partial charge in [-0.2, -0.15) is 0 Å². The van der Waals surface area contributed by atoms with Crippen molar-refractivity contribution in [2.24, 2.45) is 0 Å². The summed E-state index contributed by atoms with van der Waals surface area (Å²) < 4.78 is 61.8. The summed E-state index contributed by atoms with van der Waals surface area (Å²) in [4.78, 5) is 9.41. The Labute approximate surface area is 261 Å². The first-order chi connectivity index (χ1) is 21.6. The van der Waals surface area contributed by atoms with Crippen LogP contribution < -0.4 is 4.72 Å². The zero-order chi connectivity index (χ0) is 31.3. The summed E-state index contributed by atoms with van der Waals surface area (Å²) in [7, 11) is -8.62. The van der Waals surface area contributed by atoms with Crippen LogP contribution >= 0.6 is 0 Å². The molecule has 0 aliphatic carbocycles. The van der Waals surface area contributed by atoms with E-state index >= 15 is 0 Å². The predicted octanol–water partition coefficient (Wildman–Crippen LogP) is 7.29. The molecule has 2 aromatic heterocycles. The fraction of sp³-hybridized carbons (Fsp3) is 0.0857. The molecule has 7 aromatic rings. The van der Waals surface area contributed by atoms with Crippen molar-refractivity contribution >= 4 is 58.6 Å². The van der Waals surface area contributed by atoms with E-state index in [9.17, 15) is 16.8 Å². The van der Waals surface area contributed by atoms with Crippen molar-refractivity contribution < 1.29 is 16.8 Å². The van der Waals surface area contributed by atoms with Gasteiger partial charge in [-0.25, -0.2) is 26.8 Å². The lowest BCUT2D eigenvalue weighted by Gasteiger charge is -2.20. The molecule has 0 amide bonds. The molecule has 0 aliphatic rings. The van der Waals surface area contributed by atoms with Crippen molar-refractivity contribution in [2.45, 2.75) is 34.6 Å². The van der Waals surface area contributed by atoms with Crippen molar-refractivity contribution in [3.05, 3.63) is 132 Å². The Bertz CT molecular complexity index is 2460. The number of rotatable bonds is 7. The summed E-state index contributed by atoms with van der Waals surface area (Å²) in [6.45, 7) is 3.74. The number of sulfone groups is 1. The van der Waals surface area contributed by atoms with Crippen LogP contribution in [0.25, 0.3) is 33.0 Å². The lowest BCUT2D eigenvalue weighted by atomic mass is 10.1. The van der Waals surface area contributed by atoms with E-state index in [0.717, 1.165) is 21.9 Å². The molecule has 0 radical (unpaired) electrons. The van der Waals surface area contributed by atoms with Crippen LogP contribution in [0.15, 0.2) is 136 Å². The second-order valence-electron chi connectivity index (χ2n) is 10.9. The minimum atomic E-state index is -4.32. The highest BCUT2D eigenvalue weighted by Gasteiger charge is 2.35. The molecule has 0 spiro atoms. The van der Waals surface area contributed by atoms with E-state index in [1.165, 1.54) is 18.2 Å². The summed E-state index contributed by atoms with van der Waals surface area (Å²) in [5.41, 5.74) is 3.07. The number of sulfonamides is 1. The van der Waals surface area contributed by atoms with E-state index in [4.69, 9.17) is 9.97 Å². The van der Waals surface area contributed by atoms with Crippen LogP contribution in [-0.4, -0.2) is 31.4 Å². The molecular weight excluding hydrogens is 605 g/mol. The summed E-state index contributed by atoms with van der Waals surface area (Å²) in [6.07, 6.45) is 0. The first-order valence-electron chi connectivity index (χ1n) is 14.3. The predicted molar refractivity (Wildman–Crippen MR) is 177 cm³/mol. The molecule has 5 aromatic carbocycles. The number of aromatic nitrogens is 3. The largest absolute Gasteiger partial charge is 0.302 e.